The van der Waals surface area contributed by atoms with Crippen LogP contribution >= 0.6 is 0 Å². The highest BCUT2D eigenvalue weighted by atomic mass is 19.4. The van der Waals surface area contributed by atoms with Crippen molar-refractivity contribution < 1.29 is 22.7 Å². The molecule has 0 aliphatic heterocycles. The van der Waals surface area contributed by atoms with Gasteiger partial charge in [-0.3, -0.25) is 0 Å². The Morgan fingerprint density at radius 3 is 2.17 bits per heavy atom. The highest BCUT2D eigenvalue weighted by molar-refractivity contribution is 5.24. The van der Waals surface area contributed by atoms with Crippen LogP contribution < -0.4 is 0 Å². The Morgan fingerprint density at radius 2 is 1.67 bits per heavy atom. The number of halogens is 4. The molecule has 5 heteroatoms. The van der Waals surface area contributed by atoms with Gasteiger partial charge in [0.1, 0.15) is 5.82 Å². The normalized spacial score (nSPS) is 29.3. The van der Waals surface area contributed by atoms with E-state index in [9.17, 15) is 22.7 Å². The largest absolute Gasteiger partial charge is 0.391 e. The summed E-state index contributed by atoms with van der Waals surface area (Å²) in [5.74, 6) is -1.95. The Balaban J connectivity index is 2.15. The lowest BCUT2D eigenvalue weighted by Gasteiger charge is -2.37. The van der Waals surface area contributed by atoms with E-state index in [0.717, 1.165) is 0 Å². The molecule has 0 atom stereocenters. The minimum absolute atomic E-state index is 0.0574. The van der Waals surface area contributed by atoms with Gasteiger partial charge in [0.05, 0.1) is 11.5 Å². The molecule has 1 N–H and O–H groups in total. The smallest absolute Gasteiger partial charge is 0.385 e. The summed E-state index contributed by atoms with van der Waals surface area (Å²) in [4.78, 5) is 0. The highest BCUT2D eigenvalue weighted by Gasteiger charge is 2.46. The van der Waals surface area contributed by atoms with Gasteiger partial charge in [-0.15, -0.1) is 0 Å². The summed E-state index contributed by atoms with van der Waals surface area (Å²) in [6.45, 7) is 0. The van der Waals surface area contributed by atoms with Crippen LogP contribution in [0.15, 0.2) is 24.3 Å². The predicted octanol–water partition coefficient (Wildman–Crippen LogP) is 3.77. The van der Waals surface area contributed by atoms with Crippen molar-refractivity contribution in [3.63, 3.8) is 0 Å². The second-order valence-electron chi connectivity index (χ2n) is 4.83. The fraction of sp³-hybridized carbons (Fsp3) is 0.538. The first-order valence-corrected chi connectivity index (χ1v) is 5.87. The van der Waals surface area contributed by atoms with E-state index >= 15 is 0 Å². The zero-order chi connectivity index (χ0) is 13.4. The second kappa shape index (κ2) is 4.53. The summed E-state index contributed by atoms with van der Waals surface area (Å²) in [5.41, 5.74) is -1.36. The standard InChI is InChI=1S/C13H14F4O/c14-11-4-2-1-3-10(11)12(18)7-5-9(6-8-12)13(15,16)17/h1-4,9,18H,5-8H2. The van der Waals surface area contributed by atoms with E-state index in [1.54, 1.807) is 6.07 Å². The number of rotatable bonds is 1. The number of hydrogen-bond acceptors (Lipinski definition) is 1. The molecule has 1 aromatic carbocycles. The first-order valence-electron chi connectivity index (χ1n) is 5.87. The molecule has 0 unspecified atom stereocenters. The van der Waals surface area contributed by atoms with Gasteiger partial charge in [0.25, 0.3) is 0 Å². The molecule has 1 aliphatic carbocycles. The van der Waals surface area contributed by atoms with Crippen LogP contribution in [0.1, 0.15) is 31.2 Å². The van der Waals surface area contributed by atoms with E-state index in [4.69, 9.17) is 0 Å². The van der Waals surface area contributed by atoms with E-state index in [1.165, 1.54) is 18.2 Å². The number of alkyl halides is 3. The third-order valence-corrected chi connectivity index (χ3v) is 3.65. The molecule has 0 heterocycles. The Hall–Kier alpha value is -1.10. The molecule has 2 rings (SSSR count). The van der Waals surface area contributed by atoms with Crippen molar-refractivity contribution in [3.8, 4) is 0 Å². The van der Waals surface area contributed by atoms with Crippen LogP contribution in [0.2, 0.25) is 0 Å². The van der Waals surface area contributed by atoms with Gasteiger partial charge < -0.3 is 5.11 Å². The molecular formula is C13H14F4O. The van der Waals surface area contributed by atoms with Gasteiger partial charge in [-0.1, -0.05) is 18.2 Å². The monoisotopic (exact) mass is 262 g/mol. The maximum atomic E-state index is 13.6. The van der Waals surface area contributed by atoms with Gasteiger partial charge in [0, 0.05) is 5.56 Å². The van der Waals surface area contributed by atoms with Gasteiger partial charge in [0.15, 0.2) is 0 Å². The van der Waals surface area contributed by atoms with Crippen LogP contribution in [0.5, 0.6) is 0 Å². The van der Waals surface area contributed by atoms with Crippen LogP contribution in [0.4, 0.5) is 17.6 Å². The van der Waals surface area contributed by atoms with Crippen molar-refractivity contribution >= 4 is 0 Å². The Morgan fingerprint density at radius 1 is 1.11 bits per heavy atom. The number of aliphatic hydroxyl groups is 1. The minimum atomic E-state index is -4.23. The van der Waals surface area contributed by atoms with E-state index in [0.29, 0.717) is 0 Å². The fourth-order valence-electron chi connectivity index (χ4n) is 2.53. The SMILES string of the molecule is OC1(c2ccccc2F)CCC(C(F)(F)F)CC1. The summed E-state index contributed by atoms with van der Waals surface area (Å²) in [6.07, 6.45) is -4.66. The third kappa shape index (κ3) is 2.51. The summed E-state index contributed by atoms with van der Waals surface area (Å²) >= 11 is 0. The molecule has 1 aliphatic rings. The fourth-order valence-corrected chi connectivity index (χ4v) is 2.53. The Kier molecular flexibility index (Phi) is 3.36. The van der Waals surface area contributed by atoms with Crippen molar-refractivity contribution in [2.45, 2.75) is 37.5 Å². The molecule has 0 amide bonds. The van der Waals surface area contributed by atoms with Crippen molar-refractivity contribution in [2.24, 2.45) is 5.92 Å². The molecular weight excluding hydrogens is 248 g/mol. The molecule has 1 nitrogen and oxygen atoms in total. The van der Waals surface area contributed by atoms with Crippen LogP contribution in [-0.4, -0.2) is 11.3 Å². The van der Waals surface area contributed by atoms with Crippen LogP contribution in [0.3, 0.4) is 0 Å². The van der Waals surface area contributed by atoms with Crippen LogP contribution in [0.25, 0.3) is 0 Å². The molecule has 0 radical (unpaired) electrons. The molecule has 18 heavy (non-hydrogen) atoms. The van der Waals surface area contributed by atoms with Gasteiger partial charge >= 0.3 is 6.18 Å². The van der Waals surface area contributed by atoms with E-state index in [2.05, 4.69) is 0 Å². The van der Waals surface area contributed by atoms with Gasteiger partial charge in [0.2, 0.25) is 0 Å². The lowest BCUT2D eigenvalue weighted by molar-refractivity contribution is -0.193. The first kappa shape index (κ1) is 13.3. The van der Waals surface area contributed by atoms with Crippen LogP contribution in [-0.2, 0) is 5.60 Å². The summed E-state index contributed by atoms with van der Waals surface area (Å²) in [5, 5.41) is 10.3. The minimum Gasteiger partial charge on any atom is -0.385 e. The summed E-state index contributed by atoms with van der Waals surface area (Å²) in [6, 6.07) is 5.71. The Labute approximate surface area is 102 Å². The maximum absolute atomic E-state index is 13.6. The van der Waals surface area contributed by atoms with E-state index in [-0.39, 0.29) is 31.2 Å². The summed E-state index contributed by atoms with van der Waals surface area (Å²) < 4.78 is 51.1. The molecule has 0 aromatic heterocycles. The third-order valence-electron chi connectivity index (χ3n) is 3.65. The molecule has 1 saturated carbocycles. The molecule has 0 saturated heterocycles. The molecule has 1 aromatic rings. The molecule has 100 valence electrons. The quantitative estimate of drug-likeness (QED) is 0.764. The first-order chi connectivity index (χ1) is 8.33. The Bertz CT molecular complexity index is 419. The van der Waals surface area contributed by atoms with Crippen molar-refractivity contribution in [2.75, 3.05) is 0 Å². The van der Waals surface area contributed by atoms with Gasteiger partial charge in [-0.25, -0.2) is 4.39 Å². The lowest BCUT2D eigenvalue weighted by atomic mass is 9.75. The average Bonchev–Trinajstić information content (AvgIpc) is 2.28. The van der Waals surface area contributed by atoms with Crippen molar-refractivity contribution in [3.05, 3.63) is 35.6 Å². The summed E-state index contributed by atoms with van der Waals surface area (Å²) in [7, 11) is 0. The molecule has 0 bridgehead atoms. The average molecular weight is 262 g/mol. The van der Waals surface area contributed by atoms with Gasteiger partial charge in [-0.2, -0.15) is 13.2 Å². The topological polar surface area (TPSA) is 20.2 Å². The molecule has 1 fully saturated rings. The lowest BCUT2D eigenvalue weighted by Crippen LogP contribution is -2.36. The van der Waals surface area contributed by atoms with Crippen LogP contribution in [0, 0.1) is 11.7 Å². The van der Waals surface area contributed by atoms with Crippen molar-refractivity contribution in [1.82, 2.24) is 0 Å². The van der Waals surface area contributed by atoms with E-state index in [1.807, 2.05) is 0 Å². The van der Waals surface area contributed by atoms with Gasteiger partial charge in [-0.05, 0) is 31.7 Å². The maximum Gasteiger partial charge on any atom is 0.391 e. The highest BCUT2D eigenvalue weighted by Crippen LogP contribution is 2.45. The van der Waals surface area contributed by atoms with Crippen molar-refractivity contribution in [1.29, 1.82) is 0 Å². The zero-order valence-corrected chi connectivity index (χ0v) is 9.67. The van der Waals surface area contributed by atoms with E-state index < -0.39 is 23.5 Å². The predicted molar refractivity (Wildman–Crippen MR) is 58.3 cm³/mol. The zero-order valence-electron chi connectivity index (χ0n) is 9.67. The molecule has 0 spiro atoms. The number of hydrogen-bond donors (Lipinski definition) is 1. The number of benzene rings is 1. The second-order valence-corrected chi connectivity index (χ2v) is 4.83.